The van der Waals surface area contributed by atoms with E-state index in [1.807, 2.05) is 6.08 Å². The zero-order chi connectivity index (χ0) is 11.0. The fourth-order valence-corrected chi connectivity index (χ4v) is 0.873. The van der Waals surface area contributed by atoms with Crippen LogP contribution in [0.2, 0.25) is 0 Å². The van der Waals surface area contributed by atoms with E-state index in [2.05, 4.69) is 40.4 Å². The molecule has 0 amide bonds. The first kappa shape index (κ1) is 13.1. The Morgan fingerprint density at radius 1 is 1.71 bits per heavy atom. The molecule has 0 radical (unpaired) electrons. The normalized spacial score (nSPS) is 14.9. The molecular weight excluding hydrogens is 203 g/mol. The molecule has 1 aliphatic heterocycles. The van der Waals surface area contributed by atoms with E-state index in [4.69, 9.17) is 4.89 Å². The highest BCUT2D eigenvalue weighted by atomic mass is 31.1. The van der Waals surface area contributed by atoms with Gasteiger partial charge in [-0.15, -0.1) is 16.0 Å². The van der Waals surface area contributed by atoms with Crippen molar-refractivity contribution >= 4 is 8.25 Å². The van der Waals surface area contributed by atoms with Crippen molar-refractivity contribution in [3.63, 3.8) is 0 Å². The highest BCUT2D eigenvalue weighted by Crippen LogP contribution is 2.09. The van der Waals surface area contributed by atoms with Crippen LogP contribution in [-0.2, 0) is 9.09 Å². The first-order valence-electron chi connectivity index (χ1n) is 4.04. The molecule has 0 aromatic heterocycles. The smallest absolute Gasteiger partial charge is 0.362 e. The van der Waals surface area contributed by atoms with Crippen LogP contribution in [0.15, 0.2) is 25.1 Å². The van der Waals surface area contributed by atoms with E-state index >= 15 is 0 Å². The molecule has 0 saturated carbocycles. The first-order chi connectivity index (χ1) is 6.60. The largest absolute Gasteiger partial charge is 0.694 e. The van der Waals surface area contributed by atoms with Crippen molar-refractivity contribution in [1.82, 2.24) is 9.80 Å². The number of hydrogen-bond donors (Lipinski definition) is 1. The number of rotatable bonds is 3. The lowest BCUT2D eigenvalue weighted by molar-refractivity contribution is 0.318. The second kappa shape index (κ2) is 7.50. The number of hydrogen-bond acceptors (Lipinski definition) is 4. The topological polar surface area (TPSA) is 53.0 Å². The van der Waals surface area contributed by atoms with E-state index in [1.54, 1.807) is 0 Å². The van der Waals surface area contributed by atoms with Crippen molar-refractivity contribution in [2.75, 3.05) is 27.4 Å². The standard InChI is InChI=1S/C7H12N2.CH3O3P/c1-3-4-9-6-5-8(2)7-9;1-4-5(2)3/h3,5-6H,1,4,7H2,2H3;1H3/p+1. The molecule has 1 rings (SSSR count). The van der Waals surface area contributed by atoms with Crippen LogP contribution in [0, 0.1) is 0 Å². The van der Waals surface area contributed by atoms with Crippen molar-refractivity contribution in [2.45, 2.75) is 0 Å². The summed E-state index contributed by atoms with van der Waals surface area (Å²) >= 11 is 0. The Labute approximate surface area is 85.2 Å². The summed E-state index contributed by atoms with van der Waals surface area (Å²) in [5.74, 6) is 0. The number of nitrogens with zero attached hydrogens (tertiary/aromatic N) is 2. The molecule has 0 bridgehead atoms. The summed E-state index contributed by atoms with van der Waals surface area (Å²) in [6, 6.07) is 0. The molecule has 0 aromatic rings. The molecule has 1 atom stereocenters. The van der Waals surface area contributed by atoms with Crippen LogP contribution in [0.5, 0.6) is 0 Å². The molecule has 1 heterocycles. The lowest BCUT2D eigenvalue weighted by atomic mass is 10.6. The lowest BCUT2D eigenvalue weighted by Crippen LogP contribution is -2.21. The van der Waals surface area contributed by atoms with Gasteiger partial charge in [0.25, 0.3) is 0 Å². The Kier molecular flexibility index (Phi) is 7.02. The van der Waals surface area contributed by atoms with Crippen molar-refractivity contribution in [3.8, 4) is 0 Å². The van der Waals surface area contributed by atoms with E-state index in [9.17, 15) is 4.57 Å². The lowest BCUT2D eigenvalue weighted by Gasteiger charge is -2.15. The SMILES string of the molecule is C=CCN1C=CN(C)C1.CO[P+](=O)O. The molecule has 0 saturated heterocycles. The monoisotopic (exact) mass is 219 g/mol. The van der Waals surface area contributed by atoms with E-state index in [0.717, 1.165) is 13.2 Å². The molecule has 80 valence electrons. The van der Waals surface area contributed by atoms with Gasteiger partial charge in [-0.2, -0.15) is 0 Å². The third-order valence-electron chi connectivity index (χ3n) is 1.46. The van der Waals surface area contributed by atoms with Crippen LogP contribution < -0.4 is 0 Å². The molecule has 0 aliphatic carbocycles. The molecule has 5 nitrogen and oxygen atoms in total. The van der Waals surface area contributed by atoms with E-state index in [-0.39, 0.29) is 0 Å². The van der Waals surface area contributed by atoms with Gasteiger partial charge in [0.05, 0.1) is 13.8 Å². The third-order valence-corrected chi connectivity index (χ3v) is 1.77. The first-order valence-corrected chi connectivity index (χ1v) is 5.17. The molecule has 6 heteroatoms. The van der Waals surface area contributed by atoms with Crippen LogP contribution in [0.3, 0.4) is 0 Å². The average molecular weight is 219 g/mol. The Bertz CT molecular complexity index is 221. The summed E-state index contributed by atoms with van der Waals surface area (Å²) in [7, 11) is 0.872. The minimum absolute atomic E-state index is 0.945. The molecule has 1 N–H and O–H groups in total. The summed E-state index contributed by atoms with van der Waals surface area (Å²) in [4.78, 5) is 12.0. The van der Waals surface area contributed by atoms with Crippen molar-refractivity contribution in [2.24, 2.45) is 0 Å². The average Bonchev–Trinajstić information content (AvgIpc) is 2.53. The Balaban J connectivity index is 0.000000292. The zero-order valence-corrected chi connectivity index (χ0v) is 9.35. The van der Waals surface area contributed by atoms with Crippen LogP contribution in [0.4, 0.5) is 0 Å². The van der Waals surface area contributed by atoms with Gasteiger partial charge < -0.3 is 9.80 Å². The fourth-order valence-electron chi connectivity index (χ4n) is 0.873. The third kappa shape index (κ3) is 6.60. The van der Waals surface area contributed by atoms with Gasteiger partial charge in [-0.3, -0.25) is 0 Å². The van der Waals surface area contributed by atoms with Gasteiger partial charge in [0, 0.05) is 30.6 Å². The minimum atomic E-state index is -2.35. The molecule has 0 aromatic carbocycles. The van der Waals surface area contributed by atoms with Crippen molar-refractivity contribution in [3.05, 3.63) is 25.1 Å². The summed E-state index contributed by atoms with van der Waals surface area (Å²) in [6.45, 7) is 5.59. The minimum Gasteiger partial charge on any atom is -0.362 e. The molecule has 0 fully saturated rings. The van der Waals surface area contributed by atoms with Gasteiger partial charge >= 0.3 is 8.25 Å². The Morgan fingerprint density at radius 2 is 2.29 bits per heavy atom. The van der Waals surface area contributed by atoms with Crippen LogP contribution in [0.1, 0.15) is 0 Å². The van der Waals surface area contributed by atoms with Gasteiger partial charge in [0.1, 0.15) is 0 Å². The van der Waals surface area contributed by atoms with Gasteiger partial charge in [-0.25, -0.2) is 0 Å². The van der Waals surface area contributed by atoms with Gasteiger partial charge in [0.2, 0.25) is 0 Å². The van der Waals surface area contributed by atoms with Gasteiger partial charge in [0.15, 0.2) is 0 Å². The maximum absolute atomic E-state index is 9.29. The summed E-state index contributed by atoms with van der Waals surface area (Å²) in [5.41, 5.74) is 0. The maximum atomic E-state index is 9.29. The fraction of sp³-hybridized carbons (Fsp3) is 0.500. The quantitative estimate of drug-likeness (QED) is 0.569. The predicted molar refractivity (Wildman–Crippen MR) is 55.5 cm³/mol. The molecule has 14 heavy (non-hydrogen) atoms. The van der Waals surface area contributed by atoms with Gasteiger partial charge in [-0.05, 0) is 0 Å². The van der Waals surface area contributed by atoms with Crippen molar-refractivity contribution < 1.29 is 14.0 Å². The van der Waals surface area contributed by atoms with E-state index in [1.165, 1.54) is 7.11 Å². The molecule has 0 spiro atoms. The second-order valence-corrected chi connectivity index (χ2v) is 3.52. The molecular formula is C8H16N2O3P+. The van der Waals surface area contributed by atoms with Crippen molar-refractivity contribution in [1.29, 1.82) is 0 Å². The zero-order valence-electron chi connectivity index (χ0n) is 8.46. The van der Waals surface area contributed by atoms with Crippen LogP contribution in [-0.4, -0.2) is 42.1 Å². The molecule has 1 unspecified atom stereocenters. The highest BCUT2D eigenvalue weighted by molar-refractivity contribution is 7.32. The Hall–Kier alpha value is -0.900. The highest BCUT2D eigenvalue weighted by Gasteiger charge is 2.04. The van der Waals surface area contributed by atoms with Gasteiger partial charge in [-0.1, -0.05) is 6.08 Å². The second-order valence-electron chi connectivity index (χ2n) is 2.68. The summed E-state index contributed by atoms with van der Waals surface area (Å²) in [5, 5.41) is 0. The summed E-state index contributed by atoms with van der Waals surface area (Å²) < 4.78 is 13.1. The predicted octanol–water partition coefficient (Wildman–Crippen LogP) is 1.13. The van der Waals surface area contributed by atoms with E-state index < -0.39 is 8.25 Å². The van der Waals surface area contributed by atoms with Crippen LogP contribution in [0.25, 0.3) is 0 Å². The molecule has 1 aliphatic rings. The van der Waals surface area contributed by atoms with E-state index in [0.29, 0.717) is 0 Å². The van der Waals surface area contributed by atoms with Crippen LogP contribution >= 0.6 is 8.25 Å². The maximum Gasteiger partial charge on any atom is 0.694 e. The summed E-state index contributed by atoms with van der Waals surface area (Å²) in [6.07, 6.45) is 6.04. The Morgan fingerprint density at radius 3 is 2.57 bits per heavy atom.